The molecule has 7 heteroatoms. The molecule has 1 aliphatic rings. The minimum Gasteiger partial charge on any atom is -0.481 e. The molecule has 19 heavy (non-hydrogen) atoms. The lowest BCUT2D eigenvalue weighted by Crippen LogP contribution is -2.25. The number of carboxylic acids is 1. The average Bonchev–Trinajstić information content (AvgIpc) is 2.94. The fraction of sp³-hybridized carbons (Fsp3) is 0.333. The maximum absolute atomic E-state index is 11.0. The zero-order valence-corrected chi connectivity index (χ0v) is 11.3. The number of nitrogens with zero attached hydrogens (tertiary/aromatic N) is 2. The molecule has 0 saturated heterocycles. The molecule has 1 atom stereocenters. The van der Waals surface area contributed by atoms with Crippen LogP contribution < -0.4 is 0 Å². The Kier molecular flexibility index (Phi) is 3.03. The number of fused-ring (bicyclic) bond motifs is 1. The summed E-state index contributed by atoms with van der Waals surface area (Å²) in [6.07, 6.45) is 0.937. The van der Waals surface area contributed by atoms with Crippen LogP contribution >= 0.6 is 23.2 Å². The SMILES string of the molecule is O=C(O)C1CCn2c(-c3ccc(Cl)o3)nc(Cl)c2C1. The summed E-state index contributed by atoms with van der Waals surface area (Å²) in [6, 6.07) is 3.35. The molecule has 0 fully saturated rings. The van der Waals surface area contributed by atoms with Crippen molar-refractivity contribution in [1.29, 1.82) is 0 Å². The van der Waals surface area contributed by atoms with E-state index in [1.54, 1.807) is 12.1 Å². The van der Waals surface area contributed by atoms with E-state index in [-0.39, 0.29) is 5.22 Å². The Balaban J connectivity index is 2.03. The number of furan rings is 1. The van der Waals surface area contributed by atoms with Crippen LogP contribution in [0.25, 0.3) is 11.6 Å². The maximum atomic E-state index is 11.0. The van der Waals surface area contributed by atoms with Crippen molar-refractivity contribution in [3.05, 3.63) is 28.2 Å². The van der Waals surface area contributed by atoms with Crippen molar-refractivity contribution in [3.8, 4) is 11.6 Å². The van der Waals surface area contributed by atoms with E-state index < -0.39 is 11.9 Å². The first kappa shape index (κ1) is 12.6. The van der Waals surface area contributed by atoms with E-state index in [0.717, 1.165) is 5.69 Å². The molecule has 5 nitrogen and oxygen atoms in total. The van der Waals surface area contributed by atoms with E-state index in [9.17, 15) is 4.79 Å². The van der Waals surface area contributed by atoms with Crippen molar-refractivity contribution in [1.82, 2.24) is 9.55 Å². The maximum Gasteiger partial charge on any atom is 0.306 e. The van der Waals surface area contributed by atoms with Gasteiger partial charge in [-0.2, -0.15) is 0 Å². The first-order chi connectivity index (χ1) is 9.06. The Morgan fingerprint density at radius 1 is 1.47 bits per heavy atom. The summed E-state index contributed by atoms with van der Waals surface area (Å²) < 4.78 is 7.23. The van der Waals surface area contributed by atoms with Crippen molar-refractivity contribution in [3.63, 3.8) is 0 Å². The van der Waals surface area contributed by atoms with Crippen molar-refractivity contribution >= 4 is 29.2 Å². The summed E-state index contributed by atoms with van der Waals surface area (Å²) in [5.74, 6) is -0.0801. The zero-order valence-electron chi connectivity index (χ0n) is 9.77. The van der Waals surface area contributed by atoms with E-state index in [2.05, 4.69) is 4.98 Å². The molecular weight excluding hydrogens is 291 g/mol. The fourth-order valence-electron chi connectivity index (χ4n) is 2.35. The van der Waals surface area contributed by atoms with Crippen molar-refractivity contribution < 1.29 is 14.3 Å². The van der Waals surface area contributed by atoms with Gasteiger partial charge in [0.15, 0.2) is 22.0 Å². The number of aromatic nitrogens is 2. The lowest BCUT2D eigenvalue weighted by Gasteiger charge is -2.21. The highest BCUT2D eigenvalue weighted by atomic mass is 35.5. The fourth-order valence-corrected chi connectivity index (χ4v) is 2.75. The van der Waals surface area contributed by atoms with Gasteiger partial charge in [0.2, 0.25) is 0 Å². The number of rotatable bonds is 2. The number of carboxylic acid groups (broad SMARTS) is 1. The van der Waals surface area contributed by atoms with E-state index in [1.807, 2.05) is 4.57 Å². The second-order valence-corrected chi connectivity index (χ2v) is 5.19. The molecule has 3 heterocycles. The molecule has 1 unspecified atom stereocenters. The molecule has 0 aromatic carbocycles. The topological polar surface area (TPSA) is 68.3 Å². The first-order valence-corrected chi connectivity index (χ1v) is 6.55. The van der Waals surface area contributed by atoms with Gasteiger partial charge in [0, 0.05) is 13.0 Å². The van der Waals surface area contributed by atoms with E-state index >= 15 is 0 Å². The van der Waals surface area contributed by atoms with Gasteiger partial charge in [-0.15, -0.1) is 0 Å². The molecule has 0 bridgehead atoms. The minimum absolute atomic E-state index is 0.280. The number of hydrogen-bond acceptors (Lipinski definition) is 3. The van der Waals surface area contributed by atoms with E-state index in [0.29, 0.717) is 36.1 Å². The van der Waals surface area contributed by atoms with Gasteiger partial charge in [-0.05, 0) is 30.2 Å². The third kappa shape index (κ3) is 2.13. The first-order valence-electron chi connectivity index (χ1n) is 5.79. The van der Waals surface area contributed by atoms with Gasteiger partial charge < -0.3 is 14.1 Å². The third-order valence-corrected chi connectivity index (χ3v) is 3.81. The Hall–Kier alpha value is -1.46. The molecule has 0 spiro atoms. The van der Waals surface area contributed by atoms with Crippen LogP contribution in [0.15, 0.2) is 16.5 Å². The molecule has 2 aromatic rings. The van der Waals surface area contributed by atoms with Crippen LogP contribution in [0.5, 0.6) is 0 Å². The quantitative estimate of drug-likeness (QED) is 0.925. The van der Waals surface area contributed by atoms with E-state index in [4.69, 9.17) is 32.7 Å². The van der Waals surface area contributed by atoms with Crippen LogP contribution in [-0.2, 0) is 17.8 Å². The van der Waals surface area contributed by atoms with Gasteiger partial charge in [-0.1, -0.05) is 11.6 Å². The largest absolute Gasteiger partial charge is 0.481 e. The second-order valence-electron chi connectivity index (χ2n) is 4.46. The van der Waals surface area contributed by atoms with Gasteiger partial charge >= 0.3 is 5.97 Å². The van der Waals surface area contributed by atoms with Crippen molar-refractivity contribution in [2.24, 2.45) is 5.92 Å². The number of carbonyl (C=O) groups is 1. The summed E-state index contributed by atoms with van der Waals surface area (Å²) in [4.78, 5) is 15.3. The highest BCUT2D eigenvalue weighted by Gasteiger charge is 2.29. The van der Waals surface area contributed by atoms with Crippen molar-refractivity contribution in [2.75, 3.05) is 0 Å². The number of aliphatic carboxylic acids is 1. The van der Waals surface area contributed by atoms with Gasteiger partial charge in [0.1, 0.15) is 0 Å². The summed E-state index contributed by atoms with van der Waals surface area (Å²) in [5, 5.41) is 9.68. The molecule has 0 amide bonds. The summed E-state index contributed by atoms with van der Waals surface area (Å²) >= 11 is 11.8. The molecule has 0 radical (unpaired) electrons. The Bertz CT molecular complexity index is 647. The predicted molar refractivity (Wildman–Crippen MR) is 69.4 cm³/mol. The van der Waals surface area contributed by atoms with Gasteiger partial charge in [0.05, 0.1) is 11.6 Å². The molecule has 3 rings (SSSR count). The lowest BCUT2D eigenvalue weighted by atomic mass is 9.96. The van der Waals surface area contributed by atoms with Crippen LogP contribution in [-0.4, -0.2) is 20.6 Å². The molecule has 1 aliphatic heterocycles. The number of imidazole rings is 1. The molecule has 1 N–H and O–H groups in total. The van der Waals surface area contributed by atoms with Crippen LogP contribution in [0.1, 0.15) is 12.1 Å². The Morgan fingerprint density at radius 2 is 2.26 bits per heavy atom. The predicted octanol–water partition coefficient (Wildman–Crippen LogP) is 3.10. The molecule has 0 aliphatic carbocycles. The monoisotopic (exact) mass is 300 g/mol. The summed E-state index contributed by atoms with van der Waals surface area (Å²) in [6.45, 7) is 0.555. The van der Waals surface area contributed by atoms with E-state index in [1.165, 1.54) is 0 Å². The standard InChI is InChI=1S/C12H10Cl2N2O3/c13-9-2-1-8(19-9)11-15-10(14)7-5-6(12(17)18)3-4-16(7)11/h1-2,6H,3-5H2,(H,17,18). The van der Waals surface area contributed by atoms with Crippen LogP contribution in [0.4, 0.5) is 0 Å². The van der Waals surface area contributed by atoms with Gasteiger partial charge in [-0.3, -0.25) is 4.79 Å². The second kappa shape index (κ2) is 4.58. The van der Waals surface area contributed by atoms with Crippen molar-refractivity contribution in [2.45, 2.75) is 19.4 Å². The smallest absolute Gasteiger partial charge is 0.306 e. The molecule has 2 aromatic heterocycles. The summed E-state index contributed by atoms with van der Waals surface area (Å²) in [5.41, 5.74) is 0.739. The number of halogens is 2. The average molecular weight is 301 g/mol. The highest BCUT2D eigenvalue weighted by Crippen LogP contribution is 2.33. The minimum atomic E-state index is -0.800. The normalized spacial score (nSPS) is 18.3. The molecular formula is C12H10Cl2N2O3. The Labute approximate surface area is 118 Å². The van der Waals surface area contributed by atoms with Crippen LogP contribution in [0, 0.1) is 5.92 Å². The molecule has 100 valence electrons. The van der Waals surface area contributed by atoms with Crippen LogP contribution in [0.3, 0.4) is 0 Å². The highest BCUT2D eigenvalue weighted by molar-refractivity contribution is 6.30. The third-order valence-electron chi connectivity index (χ3n) is 3.31. The van der Waals surface area contributed by atoms with Gasteiger partial charge in [0.25, 0.3) is 0 Å². The summed E-state index contributed by atoms with van der Waals surface area (Å²) in [7, 11) is 0. The number of hydrogen-bond donors (Lipinski definition) is 1. The lowest BCUT2D eigenvalue weighted by molar-refractivity contribution is -0.142. The van der Waals surface area contributed by atoms with Crippen LogP contribution in [0.2, 0.25) is 10.4 Å². The Morgan fingerprint density at radius 3 is 2.89 bits per heavy atom. The van der Waals surface area contributed by atoms with Gasteiger partial charge in [-0.25, -0.2) is 4.98 Å². The zero-order chi connectivity index (χ0) is 13.6. The molecule has 0 saturated carbocycles.